The molecule has 0 N–H and O–H groups in total. The molecule has 8 rings (SSSR count). The highest BCUT2D eigenvalue weighted by Crippen LogP contribution is 2.33. The molecule has 0 fully saturated rings. The third-order valence-electron chi connectivity index (χ3n) is 8.04. The van der Waals surface area contributed by atoms with Gasteiger partial charge in [-0.3, -0.25) is 0 Å². The van der Waals surface area contributed by atoms with Crippen LogP contribution in [0, 0.1) is 45.3 Å². The van der Waals surface area contributed by atoms with E-state index >= 15 is 0 Å². The van der Waals surface area contributed by atoms with Crippen LogP contribution < -0.4 is 0 Å². The lowest BCUT2D eigenvalue weighted by Crippen LogP contribution is -2.00. The summed E-state index contributed by atoms with van der Waals surface area (Å²) in [6, 6.07) is 38.7. The highest BCUT2D eigenvalue weighted by Gasteiger charge is 2.21. The molecule has 10 heteroatoms. The number of benzene rings is 6. The number of hydrogen-bond donors (Lipinski definition) is 0. The number of nitrogens with zero attached hydrogens (tertiary/aromatic N) is 10. The van der Waals surface area contributed by atoms with Gasteiger partial charge in [-0.1, -0.05) is 72.8 Å². The smallest absolute Gasteiger partial charge is 0.133 e. The quantitative estimate of drug-likeness (QED) is 0.223. The van der Waals surface area contributed by atoms with Gasteiger partial charge in [-0.2, -0.15) is 30.6 Å². The van der Waals surface area contributed by atoms with Crippen molar-refractivity contribution < 1.29 is 0 Å². The van der Waals surface area contributed by atoms with Crippen LogP contribution in [0.3, 0.4) is 0 Å². The van der Waals surface area contributed by atoms with Crippen LogP contribution in [-0.4, -0.2) is 30.0 Å². The van der Waals surface area contributed by atoms with Gasteiger partial charge >= 0.3 is 0 Å². The number of hydrogen-bond acceptors (Lipinski definition) is 8. The summed E-state index contributed by atoms with van der Waals surface area (Å²) in [6.07, 6.45) is 0. The van der Waals surface area contributed by atoms with Gasteiger partial charge in [0.1, 0.15) is 46.3 Å². The Hall–Kier alpha value is -7.40. The second kappa shape index (κ2) is 10.1. The maximum Gasteiger partial charge on any atom is 0.133 e. The Labute approximate surface area is 260 Å². The standard InChI is InChI=1S/C36H16N10/c37-17-29-25-11-1-2-12-26(25)30(18-38)34-33(29)41-45(42-34)23-9-5-7-21(15-23)22-8-6-10-24(16-22)46-43-35-31(19-39)27-13-3-4-14-28(27)32(20-40)36(35)44-46/h1-16H. The lowest BCUT2D eigenvalue weighted by Gasteiger charge is -2.07. The molecule has 8 aromatic rings. The van der Waals surface area contributed by atoms with Gasteiger partial charge in [0.05, 0.1) is 33.6 Å². The van der Waals surface area contributed by atoms with Crippen molar-refractivity contribution >= 4 is 43.6 Å². The van der Waals surface area contributed by atoms with E-state index in [2.05, 4.69) is 44.7 Å². The van der Waals surface area contributed by atoms with Crippen molar-refractivity contribution in [2.24, 2.45) is 0 Å². The van der Waals surface area contributed by atoms with E-state index < -0.39 is 0 Å². The second-order valence-electron chi connectivity index (χ2n) is 10.5. The molecule has 10 nitrogen and oxygen atoms in total. The van der Waals surface area contributed by atoms with Crippen LogP contribution in [-0.2, 0) is 0 Å². The van der Waals surface area contributed by atoms with Crippen molar-refractivity contribution in [1.82, 2.24) is 30.0 Å². The maximum absolute atomic E-state index is 9.99. The summed E-state index contributed by atoms with van der Waals surface area (Å²) in [5, 5.41) is 61.2. The van der Waals surface area contributed by atoms with Crippen LogP contribution in [0.2, 0.25) is 0 Å². The molecule has 0 aliphatic rings. The Morgan fingerprint density at radius 1 is 0.391 bits per heavy atom. The molecule has 46 heavy (non-hydrogen) atoms. The fourth-order valence-corrected chi connectivity index (χ4v) is 5.94. The molecule has 2 heterocycles. The van der Waals surface area contributed by atoms with Gasteiger partial charge in [0, 0.05) is 21.5 Å². The molecule has 0 aliphatic carbocycles. The Kier molecular flexibility index (Phi) is 5.77. The van der Waals surface area contributed by atoms with E-state index in [-0.39, 0.29) is 0 Å². The van der Waals surface area contributed by atoms with Gasteiger partial charge in [-0.05, 0) is 35.4 Å². The topological polar surface area (TPSA) is 157 Å². The average molecular weight is 589 g/mol. The van der Waals surface area contributed by atoms with Crippen molar-refractivity contribution in [1.29, 1.82) is 21.0 Å². The molecule has 0 aliphatic heterocycles. The Morgan fingerprint density at radius 2 is 0.696 bits per heavy atom. The Morgan fingerprint density at radius 3 is 0.978 bits per heavy atom. The molecule has 0 amide bonds. The van der Waals surface area contributed by atoms with Crippen molar-refractivity contribution in [2.45, 2.75) is 0 Å². The molecule has 210 valence electrons. The van der Waals surface area contributed by atoms with E-state index in [1.54, 1.807) is 0 Å². The summed E-state index contributed by atoms with van der Waals surface area (Å²) < 4.78 is 0. The van der Waals surface area contributed by atoms with Crippen molar-refractivity contribution in [3.8, 4) is 46.8 Å². The first-order chi connectivity index (χ1) is 22.6. The Balaban J connectivity index is 1.25. The average Bonchev–Trinajstić information content (AvgIpc) is 3.75. The highest BCUT2D eigenvalue weighted by molar-refractivity contribution is 6.07. The van der Waals surface area contributed by atoms with Crippen LogP contribution in [0.25, 0.3) is 66.1 Å². The van der Waals surface area contributed by atoms with Gasteiger partial charge in [-0.15, -0.1) is 20.4 Å². The molecular formula is C36H16N10. The number of nitriles is 4. The van der Waals surface area contributed by atoms with E-state index in [1.165, 1.54) is 9.59 Å². The van der Waals surface area contributed by atoms with Gasteiger partial charge in [-0.25, -0.2) is 0 Å². The van der Waals surface area contributed by atoms with Crippen molar-refractivity contribution in [3.05, 3.63) is 119 Å². The number of rotatable bonds is 3. The SMILES string of the molecule is N#Cc1c2ccccc2c(C#N)c2nn(-c3cccc(-c4cccc(-n5nc6c(C#N)c7ccccc7c(C#N)c6n5)c4)c3)nc12. The third kappa shape index (κ3) is 3.79. The van der Waals surface area contributed by atoms with Crippen LogP contribution >= 0.6 is 0 Å². The summed E-state index contributed by atoms with van der Waals surface area (Å²) in [7, 11) is 0. The number of fused-ring (bicyclic) bond motifs is 4. The molecule has 0 bridgehead atoms. The summed E-state index contributed by atoms with van der Waals surface area (Å²) in [6.45, 7) is 0. The number of aromatic nitrogens is 6. The summed E-state index contributed by atoms with van der Waals surface area (Å²) in [5.74, 6) is 0. The lowest BCUT2D eigenvalue weighted by molar-refractivity contribution is 0.764. The highest BCUT2D eigenvalue weighted by atomic mass is 15.5. The second-order valence-corrected chi connectivity index (χ2v) is 10.5. The minimum atomic E-state index is 0.364. The van der Waals surface area contributed by atoms with E-state index in [0.717, 1.165) is 11.1 Å². The molecule has 2 aromatic heterocycles. The third-order valence-corrected chi connectivity index (χ3v) is 8.04. The molecule has 6 aromatic carbocycles. The molecule has 0 saturated carbocycles. The van der Waals surface area contributed by atoms with Gasteiger partial charge in [0.15, 0.2) is 0 Å². The zero-order valence-corrected chi connectivity index (χ0v) is 23.7. The van der Waals surface area contributed by atoms with Gasteiger partial charge in [0.25, 0.3) is 0 Å². The fourth-order valence-electron chi connectivity index (χ4n) is 5.94. The minimum Gasteiger partial charge on any atom is -0.192 e. The molecule has 0 unspecified atom stereocenters. The predicted molar refractivity (Wildman–Crippen MR) is 171 cm³/mol. The summed E-state index contributed by atoms with van der Waals surface area (Å²) >= 11 is 0. The van der Waals surface area contributed by atoms with E-state index in [4.69, 9.17) is 0 Å². The summed E-state index contributed by atoms with van der Waals surface area (Å²) in [4.78, 5) is 2.88. The van der Waals surface area contributed by atoms with Crippen LogP contribution in [0.15, 0.2) is 97.1 Å². The summed E-state index contributed by atoms with van der Waals surface area (Å²) in [5.41, 5.74) is 5.91. The minimum absolute atomic E-state index is 0.364. The monoisotopic (exact) mass is 588 g/mol. The molecular weight excluding hydrogens is 572 g/mol. The van der Waals surface area contributed by atoms with Gasteiger partial charge in [0.2, 0.25) is 0 Å². The first-order valence-electron chi connectivity index (χ1n) is 14.1. The lowest BCUT2D eigenvalue weighted by atomic mass is 9.98. The molecule has 0 spiro atoms. The van der Waals surface area contributed by atoms with E-state index in [9.17, 15) is 21.0 Å². The van der Waals surface area contributed by atoms with E-state index in [0.29, 0.717) is 77.2 Å². The molecule has 0 saturated heterocycles. The zero-order chi connectivity index (χ0) is 31.4. The van der Waals surface area contributed by atoms with Crippen molar-refractivity contribution in [3.63, 3.8) is 0 Å². The van der Waals surface area contributed by atoms with E-state index in [1.807, 2.05) is 97.1 Å². The predicted octanol–water partition coefficient (Wildman–Crippen LogP) is 6.61. The van der Waals surface area contributed by atoms with Crippen LogP contribution in [0.5, 0.6) is 0 Å². The van der Waals surface area contributed by atoms with Crippen LogP contribution in [0.4, 0.5) is 0 Å². The molecule has 0 atom stereocenters. The normalized spacial score (nSPS) is 11.0. The first kappa shape index (κ1) is 26.2. The fraction of sp³-hybridized carbons (Fsp3) is 0. The largest absolute Gasteiger partial charge is 0.192 e. The first-order valence-corrected chi connectivity index (χ1v) is 14.1. The molecule has 0 radical (unpaired) electrons. The maximum atomic E-state index is 9.99. The zero-order valence-electron chi connectivity index (χ0n) is 23.7. The van der Waals surface area contributed by atoms with Crippen LogP contribution in [0.1, 0.15) is 22.3 Å². The van der Waals surface area contributed by atoms with Crippen molar-refractivity contribution in [2.75, 3.05) is 0 Å². The van der Waals surface area contributed by atoms with Gasteiger partial charge < -0.3 is 0 Å². The Bertz CT molecular complexity index is 2430.